The number of carbonyl (C=O) groups is 1. The summed E-state index contributed by atoms with van der Waals surface area (Å²) in [6, 6.07) is 11.2. The third kappa shape index (κ3) is 5.03. The number of thiophene rings is 2. The third-order valence-electron chi connectivity index (χ3n) is 4.46. The lowest BCUT2D eigenvalue weighted by Gasteiger charge is -2.21. The van der Waals surface area contributed by atoms with Crippen molar-refractivity contribution in [2.75, 3.05) is 11.9 Å². The zero-order valence-corrected chi connectivity index (χ0v) is 17.3. The number of carbonyl (C=O) groups excluding carboxylic acids is 1. The fraction of sp³-hybridized carbons (Fsp3) is 0.250. The van der Waals surface area contributed by atoms with Crippen LogP contribution in [0.4, 0.5) is 11.4 Å². The highest BCUT2D eigenvalue weighted by Crippen LogP contribution is 2.30. The minimum atomic E-state index is -0.461. The number of anilines is 1. The number of hydrogen-bond acceptors (Lipinski definition) is 6. The Hall–Kier alpha value is -2.55. The molecule has 1 amide bonds. The van der Waals surface area contributed by atoms with Crippen molar-refractivity contribution in [2.45, 2.75) is 26.9 Å². The molecule has 0 bridgehead atoms. The highest BCUT2D eigenvalue weighted by atomic mass is 32.1. The van der Waals surface area contributed by atoms with E-state index in [2.05, 4.69) is 5.32 Å². The van der Waals surface area contributed by atoms with Crippen molar-refractivity contribution in [1.82, 2.24) is 4.90 Å². The molecule has 3 aromatic rings. The molecule has 0 spiro atoms. The maximum Gasteiger partial charge on any atom is 0.293 e. The van der Waals surface area contributed by atoms with Crippen molar-refractivity contribution in [3.05, 3.63) is 78.2 Å². The molecule has 0 aliphatic heterocycles. The number of amides is 1. The minimum Gasteiger partial charge on any atom is -0.319 e. The molecule has 3 rings (SSSR count). The zero-order valence-electron chi connectivity index (χ0n) is 15.7. The second-order valence-corrected chi connectivity index (χ2v) is 8.58. The molecule has 6 nitrogen and oxygen atoms in total. The molecule has 1 N–H and O–H groups in total. The van der Waals surface area contributed by atoms with Crippen LogP contribution in [0.1, 0.15) is 20.9 Å². The quantitative estimate of drug-likeness (QED) is 0.416. The monoisotopic (exact) mass is 415 g/mol. The fourth-order valence-electron chi connectivity index (χ4n) is 2.91. The molecule has 0 saturated heterocycles. The van der Waals surface area contributed by atoms with Gasteiger partial charge in [-0.05, 0) is 47.9 Å². The Bertz CT molecular complexity index is 917. The molecule has 2 aromatic heterocycles. The largest absolute Gasteiger partial charge is 0.319 e. The number of nitrogens with one attached hydrogen (secondary N) is 1. The third-order valence-corrected chi connectivity index (χ3v) is 6.18. The van der Waals surface area contributed by atoms with Crippen LogP contribution in [0.25, 0.3) is 0 Å². The lowest BCUT2D eigenvalue weighted by Crippen LogP contribution is -2.32. The molecule has 0 aliphatic carbocycles. The normalized spacial score (nSPS) is 11.0. The van der Waals surface area contributed by atoms with Crippen molar-refractivity contribution in [2.24, 2.45) is 0 Å². The van der Waals surface area contributed by atoms with Gasteiger partial charge in [0.2, 0.25) is 5.91 Å². The minimum absolute atomic E-state index is 0.0838. The van der Waals surface area contributed by atoms with Gasteiger partial charge in [-0.1, -0.05) is 18.2 Å². The summed E-state index contributed by atoms with van der Waals surface area (Å²) in [5, 5.41) is 18.2. The molecule has 0 fully saturated rings. The van der Waals surface area contributed by atoms with Crippen molar-refractivity contribution in [3.63, 3.8) is 0 Å². The highest BCUT2D eigenvalue weighted by molar-refractivity contribution is 7.10. The number of hydrogen-bond donors (Lipinski definition) is 1. The van der Waals surface area contributed by atoms with Crippen LogP contribution >= 0.6 is 22.7 Å². The van der Waals surface area contributed by atoms with Gasteiger partial charge in [-0.3, -0.25) is 19.8 Å². The topological polar surface area (TPSA) is 75.5 Å². The number of nitro benzene ring substituents is 1. The van der Waals surface area contributed by atoms with E-state index in [1.165, 1.54) is 15.8 Å². The van der Waals surface area contributed by atoms with Gasteiger partial charge in [0.25, 0.3) is 5.69 Å². The Morgan fingerprint density at radius 1 is 1.07 bits per heavy atom. The molecular weight excluding hydrogens is 394 g/mol. The van der Waals surface area contributed by atoms with E-state index in [9.17, 15) is 14.9 Å². The number of nitrogens with zero attached hydrogens (tertiary/aromatic N) is 2. The summed E-state index contributed by atoms with van der Waals surface area (Å²) in [5.41, 5.74) is 1.81. The van der Waals surface area contributed by atoms with Gasteiger partial charge < -0.3 is 5.32 Å². The smallest absolute Gasteiger partial charge is 0.293 e. The van der Waals surface area contributed by atoms with Crippen LogP contribution in [-0.4, -0.2) is 22.3 Å². The Morgan fingerprint density at radius 2 is 1.68 bits per heavy atom. The summed E-state index contributed by atoms with van der Waals surface area (Å²) in [6.07, 6.45) is 0. The summed E-state index contributed by atoms with van der Waals surface area (Å²) < 4.78 is 0. The lowest BCUT2D eigenvalue weighted by atomic mass is 10.1. The average Bonchev–Trinajstić information content (AvgIpc) is 3.33. The summed E-state index contributed by atoms with van der Waals surface area (Å²) >= 11 is 3.29. The van der Waals surface area contributed by atoms with Crippen molar-refractivity contribution >= 4 is 40.0 Å². The van der Waals surface area contributed by atoms with E-state index in [0.717, 1.165) is 5.56 Å². The van der Waals surface area contributed by atoms with Crippen LogP contribution < -0.4 is 5.32 Å². The SMILES string of the molecule is Cc1ccc([N+](=O)[O-])c(NC(=O)CN(Cc2cccs2)Cc2cccs2)c1C. The average molecular weight is 416 g/mol. The van der Waals surface area contributed by atoms with Crippen LogP contribution in [0.3, 0.4) is 0 Å². The Kier molecular flexibility index (Phi) is 6.56. The summed E-state index contributed by atoms with van der Waals surface area (Å²) in [4.78, 5) is 28.0. The van der Waals surface area contributed by atoms with Crippen molar-refractivity contribution in [1.29, 1.82) is 0 Å². The molecule has 8 heteroatoms. The van der Waals surface area contributed by atoms with Gasteiger partial charge >= 0.3 is 0 Å². The van der Waals surface area contributed by atoms with Gasteiger partial charge in [0.1, 0.15) is 5.69 Å². The second-order valence-electron chi connectivity index (χ2n) is 6.51. The van der Waals surface area contributed by atoms with E-state index >= 15 is 0 Å². The summed E-state index contributed by atoms with van der Waals surface area (Å²) in [6.45, 7) is 5.11. The van der Waals surface area contributed by atoms with Crippen LogP contribution in [0.15, 0.2) is 47.2 Å². The van der Waals surface area contributed by atoms with Crippen molar-refractivity contribution < 1.29 is 9.72 Å². The predicted octanol–water partition coefficient (Wildman–Crippen LogP) is 4.98. The Labute approximate surface area is 171 Å². The fourth-order valence-corrected chi connectivity index (χ4v) is 4.40. The maximum atomic E-state index is 12.7. The molecule has 0 aliphatic rings. The predicted molar refractivity (Wildman–Crippen MR) is 114 cm³/mol. The van der Waals surface area contributed by atoms with E-state index < -0.39 is 4.92 Å². The number of nitro groups is 1. The van der Waals surface area contributed by atoms with Gasteiger partial charge in [0.15, 0.2) is 0 Å². The van der Waals surface area contributed by atoms with Crippen LogP contribution in [0, 0.1) is 24.0 Å². The first-order valence-electron chi connectivity index (χ1n) is 8.75. The zero-order chi connectivity index (χ0) is 20.1. The highest BCUT2D eigenvalue weighted by Gasteiger charge is 2.21. The van der Waals surface area contributed by atoms with Gasteiger partial charge in [0.05, 0.1) is 11.5 Å². The Balaban J connectivity index is 1.76. The van der Waals surface area contributed by atoms with E-state index in [1.807, 2.05) is 46.8 Å². The summed E-state index contributed by atoms with van der Waals surface area (Å²) in [5.74, 6) is -0.259. The molecule has 0 saturated carbocycles. The van der Waals surface area contributed by atoms with Gasteiger partial charge in [-0.25, -0.2) is 0 Å². The van der Waals surface area contributed by atoms with E-state index in [-0.39, 0.29) is 23.8 Å². The van der Waals surface area contributed by atoms with Crippen LogP contribution in [0.2, 0.25) is 0 Å². The second kappa shape index (κ2) is 9.09. The van der Waals surface area contributed by atoms with Crippen LogP contribution in [0.5, 0.6) is 0 Å². The first-order valence-corrected chi connectivity index (χ1v) is 10.5. The molecule has 2 heterocycles. The van der Waals surface area contributed by atoms with E-state index in [0.29, 0.717) is 18.7 Å². The molecule has 146 valence electrons. The molecule has 28 heavy (non-hydrogen) atoms. The standard InChI is InChI=1S/C20H21N3O3S2/c1-14-7-8-18(23(25)26)20(15(14)2)21-19(24)13-22(11-16-5-3-9-27-16)12-17-6-4-10-28-17/h3-10H,11-13H2,1-2H3,(H,21,24). The molecule has 0 unspecified atom stereocenters. The van der Waals surface area contributed by atoms with Gasteiger partial charge in [0, 0.05) is 28.9 Å². The van der Waals surface area contributed by atoms with Gasteiger partial charge in [-0.15, -0.1) is 22.7 Å². The maximum absolute atomic E-state index is 12.7. The lowest BCUT2D eigenvalue weighted by molar-refractivity contribution is -0.384. The Morgan fingerprint density at radius 3 is 2.18 bits per heavy atom. The molecule has 0 atom stereocenters. The first-order chi connectivity index (χ1) is 13.4. The van der Waals surface area contributed by atoms with Gasteiger partial charge in [-0.2, -0.15) is 0 Å². The summed E-state index contributed by atoms with van der Waals surface area (Å²) in [7, 11) is 0. The number of aryl methyl sites for hydroxylation is 1. The van der Waals surface area contributed by atoms with E-state index in [1.54, 1.807) is 35.7 Å². The molecule has 1 aromatic carbocycles. The number of rotatable bonds is 8. The molecular formula is C20H21N3O3S2. The number of benzene rings is 1. The van der Waals surface area contributed by atoms with Crippen molar-refractivity contribution in [3.8, 4) is 0 Å². The first kappa shape index (κ1) is 20.2. The van der Waals surface area contributed by atoms with E-state index in [4.69, 9.17) is 0 Å². The molecule has 0 radical (unpaired) electrons. The van der Waals surface area contributed by atoms with Crippen LogP contribution in [-0.2, 0) is 17.9 Å².